The van der Waals surface area contributed by atoms with E-state index in [1.165, 1.54) is 7.11 Å². The van der Waals surface area contributed by atoms with Gasteiger partial charge in [0.2, 0.25) is 6.79 Å². The van der Waals surface area contributed by atoms with Gasteiger partial charge in [-0.1, -0.05) is 18.3 Å². The van der Waals surface area contributed by atoms with Crippen LogP contribution in [-0.2, 0) is 11.3 Å². The maximum atomic E-state index is 10.8. The number of thiocarbonyl (C=S) groups is 1. The van der Waals surface area contributed by atoms with Gasteiger partial charge < -0.3 is 30.0 Å². The Morgan fingerprint density at radius 2 is 2.00 bits per heavy atom. The van der Waals surface area contributed by atoms with Gasteiger partial charge in [-0.15, -0.1) is 0 Å². The maximum absolute atomic E-state index is 10.8. The second-order valence-electron chi connectivity index (χ2n) is 5.49. The Hall–Kier alpha value is -3.00. The summed E-state index contributed by atoms with van der Waals surface area (Å²) in [6.07, 6.45) is 0. The van der Waals surface area contributed by atoms with Crippen molar-refractivity contribution >= 4 is 23.1 Å². The number of carbonyl (C=O) groups is 1. The Balaban J connectivity index is 1.64. The van der Waals surface area contributed by atoms with E-state index in [-0.39, 0.29) is 13.4 Å². The Labute approximate surface area is 156 Å². The lowest BCUT2D eigenvalue weighted by molar-refractivity contribution is -0.119. The Kier molecular flexibility index (Phi) is 5.43. The number of ether oxygens (including phenoxy) is 4. The molecule has 8 heteroatoms. The number of amides is 1. The zero-order valence-electron chi connectivity index (χ0n) is 14.1. The van der Waals surface area contributed by atoms with Gasteiger partial charge in [0.15, 0.2) is 29.6 Å². The fourth-order valence-corrected chi connectivity index (χ4v) is 2.61. The number of fused-ring (bicyclic) bond motifs is 1. The molecular weight excluding hydrogens is 356 g/mol. The highest BCUT2D eigenvalue weighted by atomic mass is 32.1. The molecule has 0 radical (unpaired) electrons. The first kappa shape index (κ1) is 17.8. The molecule has 3 N–H and O–H groups in total. The molecule has 0 unspecified atom stereocenters. The van der Waals surface area contributed by atoms with E-state index >= 15 is 0 Å². The normalized spacial score (nSPS) is 11.7. The first-order chi connectivity index (χ1) is 12.6. The first-order valence-corrected chi connectivity index (χ1v) is 8.23. The van der Waals surface area contributed by atoms with Crippen molar-refractivity contribution in [3.05, 3.63) is 47.5 Å². The molecule has 0 aromatic heterocycles. The van der Waals surface area contributed by atoms with Crippen LogP contribution in [0.25, 0.3) is 0 Å². The van der Waals surface area contributed by atoms with Crippen molar-refractivity contribution in [1.29, 1.82) is 0 Å². The molecule has 0 saturated carbocycles. The second-order valence-corrected chi connectivity index (χ2v) is 5.90. The first-order valence-electron chi connectivity index (χ1n) is 7.82. The van der Waals surface area contributed by atoms with E-state index in [1.807, 2.05) is 18.2 Å². The van der Waals surface area contributed by atoms with Gasteiger partial charge in [-0.05, 0) is 35.9 Å². The van der Waals surface area contributed by atoms with E-state index in [9.17, 15) is 4.79 Å². The monoisotopic (exact) mass is 374 g/mol. The van der Waals surface area contributed by atoms with Gasteiger partial charge in [-0.2, -0.15) is 0 Å². The minimum Gasteiger partial charge on any atom is -0.493 e. The minimum atomic E-state index is -0.558. The summed E-state index contributed by atoms with van der Waals surface area (Å²) in [5.74, 6) is 1.81. The summed E-state index contributed by atoms with van der Waals surface area (Å²) in [7, 11) is 1.51. The van der Waals surface area contributed by atoms with Gasteiger partial charge >= 0.3 is 0 Å². The average Bonchev–Trinajstić information content (AvgIpc) is 3.12. The van der Waals surface area contributed by atoms with Crippen molar-refractivity contribution in [2.24, 2.45) is 5.73 Å². The molecule has 2 aromatic carbocycles. The quantitative estimate of drug-likeness (QED) is 0.714. The summed E-state index contributed by atoms with van der Waals surface area (Å²) >= 11 is 5.44. The lowest BCUT2D eigenvalue weighted by Gasteiger charge is -2.13. The second kappa shape index (κ2) is 7.92. The Morgan fingerprint density at radius 3 is 2.77 bits per heavy atom. The number of nitrogens with one attached hydrogen (secondary N) is 1. The Morgan fingerprint density at radius 1 is 1.19 bits per heavy atom. The molecule has 0 atom stereocenters. The molecule has 0 bridgehead atoms. The topological polar surface area (TPSA) is 92.0 Å². The smallest absolute Gasteiger partial charge is 0.255 e. The molecule has 136 valence electrons. The van der Waals surface area contributed by atoms with Gasteiger partial charge in [0.25, 0.3) is 5.91 Å². The van der Waals surface area contributed by atoms with Crippen LogP contribution >= 0.6 is 12.2 Å². The molecule has 0 fully saturated rings. The zero-order chi connectivity index (χ0) is 18.5. The van der Waals surface area contributed by atoms with E-state index in [0.29, 0.717) is 23.0 Å². The van der Waals surface area contributed by atoms with Crippen LogP contribution in [0.5, 0.6) is 23.0 Å². The number of hydrogen-bond donors (Lipinski definition) is 2. The van der Waals surface area contributed by atoms with Crippen molar-refractivity contribution in [1.82, 2.24) is 5.32 Å². The van der Waals surface area contributed by atoms with Crippen LogP contribution in [0.4, 0.5) is 0 Å². The lowest BCUT2D eigenvalue weighted by atomic mass is 10.1. The highest BCUT2D eigenvalue weighted by Crippen LogP contribution is 2.32. The molecule has 1 aliphatic rings. The third-order valence-corrected chi connectivity index (χ3v) is 4.07. The molecule has 0 spiro atoms. The maximum Gasteiger partial charge on any atom is 0.255 e. The average molecular weight is 374 g/mol. The molecule has 0 saturated heterocycles. The van der Waals surface area contributed by atoms with Gasteiger partial charge in [0.05, 0.1) is 7.11 Å². The number of carbonyl (C=O) groups excluding carboxylic acids is 1. The summed E-state index contributed by atoms with van der Waals surface area (Å²) < 4.78 is 21.3. The van der Waals surface area contributed by atoms with Crippen LogP contribution in [0.3, 0.4) is 0 Å². The number of nitrogens with two attached hydrogens (primary N) is 1. The highest BCUT2D eigenvalue weighted by Gasteiger charge is 2.14. The molecule has 7 nitrogen and oxygen atoms in total. The molecule has 3 rings (SSSR count). The molecule has 1 amide bonds. The molecule has 1 heterocycles. The third kappa shape index (κ3) is 4.15. The van der Waals surface area contributed by atoms with Gasteiger partial charge in [-0.3, -0.25) is 4.79 Å². The van der Waals surface area contributed by atoms with Gasteiger partial charge in [-0.25, -0.2) is 0 Å². The number of methoxy groups -OCH3 is 1. The number of rotatable bonds is 7. The zero-order valence-corrected chi connectivity index (χ0v) is 14.9. The number of primary amides is 1. The van der Waals surface area contributed by atoms with Crippen LogP contribution in [0, 0.1) is 0 Å². The standard InChI is InChI=1S/C18H18N2O5S/c1-22-15-7-12(3-5-13(15)23-9-17(19)21)18(26)20-8-11-2-4-14-16(6-11)25-10-24-14/h2-7H,8-10H2,1H3,(H2,19,21)(H,20,26). The summed E-state index contributed by atoms with van der Waals surface area (Å²) in [5.41, 5.74) is 6.87. The SMILES string of the molecule is COc1cc(C(=S)NCc2ccc3c(c2)OCO3)ccc1OCC(N)=O. The number of hydrogen-bond acceptors (Lipinski definition) is 6. The lowest BCUT2D eigenvalue weighted by Crippen LogP contribution is -2.22. The molecule has 2 aromatic rings. The molecule has 26 heavy (non-hydrogen) atoms. The van der Waals surface area contributed by atoms with Crippen molar-refractivity contribution in [2.45, 2.75) is 6.54 Å². The Bertz CT molecular complexity index is 840. The van der Waals surface area contributed by atoms with E-state index in [0.717, 1.165) is 22.6 Å². The van der Waals surface area contributed by atoms with Gasteiger partial charge in [0.1, 0.15) is 4.99 Å². The van der Waals surface area contributed by atoms with Crippen molar-refractivity contribution in [3.8, 4) is 23.0 Å². The predicted octanol–water partition coefficient (Wildman–Crippen LogP) is 1.75. The molecule has 1 aliphatic heterocycles. The minimum absolute atomic E-state index is 0.220. The van der Waals surface area contributed by atoms with Crippen LogP contribution < -0.4 is 30.0 Å². The highest BCUT2D eigenvalue weighted by molar-refractivity contribution is 7.80. The van der Waals surface area contributed by atoms with Crippen molar-refractivity contribution < 1.29 is 23.7 Å². The van der Waals surface area contributed by atoms with Crippen LogP contribution in [0.1, 0.15) is 11.1 Å². The molecule has 0 aliphatic carbocycles. The van der Waals surface area contributed by atoms with E-state index in [1.54, 1.807) is 18.2 Å². The van der Waals surface area contributed by atoms with Crippen LogP contribution in [-0.4, -0.2) is 31.4 Å². The third-order valence-electron chi connectivity index (χ3n) is 3.69. The van der Waals surface area contributed by atoms with E-state index in [2.05, 4.69) is 5.32 Å². The summed E-state index contributed by atoms with van der Waals surface area (Å²) in [6, 6.07) is 10.9. The number of benzene rings is 2. The van der Waals surface area contributed by atoms with Crippen molar-refractivity contribution in [3.63, 3.8) is 0 Å². The summed E-state index contributed by atoms with van der Waals surface area (Å²) in [4.78, 5) is 11.4. The van der Waals surface area contributed by atoms with E-state index < -0.39 is 5.91 Å². The predicted molar refractivity (Wildman–Crippen MR) is 98.8 cm³/mol. The molecular formula is C18H18N2O5S. The van der Waals surface area contributed by atoms with Crippen molar-refractivity contribution in [2.75, 3.05) is 20.5 Å². The van der Waals surface area contributed by atoms with Crippen LogP contribution in [0.15, 0.2) is 36.4 Å². The summed E-state index contributed by atoms with van der Waals surface area (Å²) in [6.45, 7) is 0.564. The van der Waals surface area contributed by atoms with Crippen LogP contribution in [0.2, 0.25) is 0 Å². The fourth-order valence-electron chi connectivity index (χ4n) is 2.41. The summed E-state index contributed by atoms with van der Waals surface area (Å²) in [5, 5.41) is 3.19. The van der Waals surface area contributed by atoms with E-state index in [4.69, 9.17) is 36.9 Å². The fraction of sp³-hybridized carbons (Fsp3) is 0.222. The van der Waals surface area contributed by atoms with Gasteiger partial charge in [0, 0.05) is 12.1 Å². The largest absolute Gasteiger partial charge is 0.493 e.